The number of aliphatic hydroxyl groups excluding tert-OH is 1. The molecule has 0 saturated heterocycles. The van der Waals surface area contributed by atoms with Crippen molar-refractivity contribution in [1.29, 1.82) is 0 Å². The van der Waals surface area contributed by atoms with Gasteiger partial charge in [0.1, 0.15) is 0 Å². The Kier molecular flexibility index (Phi) is 5.58. The molecule has 1 atom stereocenters. The molecule has 90 valence electrons. The van der Waals surface area contributed by atoms with Crippen LogP contribution in [0, 0.1) is 5.92 Å². The van der Waals surface area contributed by atoms with E-state index in [0.29, 0.717) is 6.61 Å². The third-order valence-corrected chi connectivity index (χ3v) is 2.75. The van der Waals surface area contributed by atoms with Gasteiger partial charge in [-0.1, -0.05) is 6.92 Å². The maximum Gasteiger partial charge on any atom is 0.0900 e. The van der Waals surface area contributed by atoms with Crippen molar-refractivity contribution in [3.63, 3.8) is 0 Å². The molecule has 0 aromatic heterocycles. The van der Waals surface area contributed by atoms with Crippen LogP contribution >= 0.6 is 0 Å². The fourth-order valence-electron chi connectivity index (χ4n) is 1.65. The van der Waals surface area contributed by atoms with Gasteiger partial charge < -0.3 is 14.7 Å². The second-order valence-electron chi connectivity index (χ2n) is 4.83. The van der Waals surface area contributed by atoms with Gasteiger partial charge in [0, 0.05) is 13.1 Å². The molecule has 0 bridgehead atoms. The molecule has 0 amide bonds. The zero-order chi connectivity index (χ0) is 11.3. The first-order valence-electron chi connectivity index (χ1n) is 6.13. The minimum absolute atomic E-state index is 0.207. The Morgan fingerprint density at radius 1 is 1.40 bits per heavy atom. The molecule has 1 fully saturated rings. The van der Waals surface area contributed by atoms with Gasteiger partial charge in [-0.25, -0.2) is 0 Å². The molecule has 0 aromatic rings. The molecule has 3 nitrogen and oxygen atoms in total. The van der Waals surface area contributed by atoms with E-state index in [2.05, 4.69) is 11.8 Å². The fourth-order valence-corrected chi connectivity index (χ4v) is 1.65. The average Bonchev–Trinajstić information content (AvgIpc) is 2.97. The summed E-state index contributed by atoms with van der Waals surface area (Å²) in [5, 5.41) is 9.77. The van der Waals surface area contributed by atoms with Crippen molar-refractivity contribution in [3.8, 4) is 0 Å². The topological polar surface area (TPSA) is 32.7 Å². The molecule has 1 saturated carbocycles. The number of hydrogen-bond donors (Lipinski definition) is 1. The first-order valence-corrected chi connectivity index (χ1v) is 6.13. The van der Waals surface area contributed by atoms with Crippen LogP contribution in [0.2, 0.25) is 0 Å². The van der Waals surface area contributed by atoms with E-state index in [1.807, 2.05) is 13.8 Å². The summed E-state index contributed by atoms with van der Waals surface area (Å²) in [7, 11) is 0. The van der Waals surface area contributed by atoms with Crippen molar-refractivity contribution in [1.82, 2.24) is 4.90 Å². The van der Waals surface area contributed by atoms with Crippen molar-refractivity contribution in [2.24, 2.45) is 5.92 Å². The van der Waals surface area contributed by atoms with E-state index >= 15 is 0 Å². The van der Waals surface area contributed by atoms with Crippen LogP contribution in [0.5, 0.6) is 0 Å². The van der Waals surface area contributed by atoms with E-state index in [0.717, 1.165) is 25.6 Å². The zero-order valence-electron chi connectivity index (χ0n) is 10.3. The molecular weight excluding hydrogens is 190 g/mol. The highest BCUT2D eigenvalue weighted by atomic mass is 16.5. The van der Waals surface area contributed by atoms with Crippen LogP contribution in [0.1, 0.15) is 33.6 Å². The molecule has 0 spiro atoms. The Morgan fingerprint density at radius 3 is 2.53 bits per heavy atom. The highest BCUT2D eigenvalue weighted by Crippen LogP contribution is 2.29. The molecule has 1 rings (SSSR count). The summed E-state index contributed by atoms with van der Waals surface area (Å²) in [5.41, 5.74) is 0. The molecule has 1 aliphatic carbocycles. The van der Waals surface area contributed by atoms with Crippen LogP contribution in [0.25, 0.3) is 0 Å². The smallest absolute Gasteiger partial charge is 0.0900 e. The van der Waals surface area contributed by atoms with Gasteiger partial charge in [0.25, 0.3) is 0 Å². The molecule has 15 heavy (non-hydrogen) atoms. The molecule has 0 radical (unpaired) electrons. The SMILES string of the molecule is CCN(CC(O)COC(C)C)CC1CC1. The van der Waals surface area contributed by atoms with Crippen molar-refractivity contribution < 1.29 is 9.84 Å². The van der Waals surface area contributed by atoms with E-state index in [1.165, 1.54) is 12.8 Å². The summed E-state index contributed by atoms with van der Waals surface area (Å²) in [6.45, 7) is 9.52. The summed E-state index contributed by atoms with van der Waals surface area (Å²) in [4.78, 5) is 2.33. The standard InChI is InChI=1S/C12H25NO2/c1-4-13(7-11-5-6-11)8-12(14)9-15-10(2)3/h10-12,14H,4-9H2,1-3H3. The summed E-state index contributed by atoms with van der Waals surface area (Å²) in [5.74, 6) is 0.892. The van der Waals surface area contributed by atoms with Crippen LogP contribution < -0.4 is 0 Å². The predicted molar refractivity (Wildman–Crippen MR) is 61.9 cm³/mol. The van der Waals surface area contributed by atoms with Crippen LogP contribution in [0.15, 0.2) is 0 Å². The zero-order valence-corrected chi connectivity index (χ0v) is 10.3. The van der Waals surface area contributed by atoms with E-state index < -0.39 is 0 Å². The third kappa shape index (κ3) is 6.13. The van der Waals surface area contributed by atoms with Crippen molar-refractivity contribution in [2.45, 2.75) is 45.8 Å². The highest BCUT2D eigenvalue weighted by molar-refractivity contribution is 4.77. The molecule has 0 aromatic carbocycles. The second-order valence-corrected chi connectivity index (χ2v) is 4.83. The first kappa shape index (κ1) is 12.9. The van der Waals surface area contributed by atoms with Gasteiger partial charge in [-0.15, -0.1) is 0 Å². The molecule has 0 aliphatic heterocycles. The maximum atomic E-state index is 9.77. The van der Waals surface area contributed by atoms with Gasteiger partial charge >= 0.3 is 0 Å². The molecule has 0 heterocycles. The number of hydrogen-bond acceptors (Lipinski definition) is 3. The molecule has 3 heteroatoms. The summed E-state index contributed by atoms with van der Waals surface area (Å²) in [6.07, 6.45) is 2.61. The van der Waals surface area contributed by atoms with Crippen LogP contribution in [0.3, 0.4) is 0 Å². The number of aliphatic hydroxyl groups is 1. The number of rotatable bonds is 8. The average molecular weight is 215 g/mol. The molecule has 1 aliphatic rings. The Hall–Kier alpha value is -0.120. The monoisotopic (exact) mass is 215 g/mol. The van der Waals surface area contributed by atoms with Crippen LogP contribution in [0.4, 0.5) is 0 Å². The Bertz CT molecular complexity index is 169. The quantitative estimate of drug-likeness (QED) is 0.666. The van der Waals surface area contributed by atoms with Gasteiger partial charge in [-0.05, 0) is 39.2 Å². The van der Waals surface area contributed by atoms with Crippen LogP contribution in [-0.4, -0.2) is 48.5 Å². The van der Waals surface area contributed by atoms with Gasteiger partial charge in [-0.2, -0.15) is 0 Å². The maximum absolute atomic E-state index is 9.77. The van der Waals surface area contributed by atoms with Gasteiger partial charge in [-0.3, -0.25) is 0 Å². The summed E-state index contributed by atoms with van der Waals surface area (Å²) < 4.78 is 5.39. The lowest BCUT2D eigenvalue weighted by molar-refractivity contribution is -0.00836. The lowest BCUT2D eigenvalue weighted by Crippen LogP contribution is -2.36. The van der Waals surface area contributed by atoms with Crippen LogP contribution in [-0.2, 0) is 4.74 Å². The molecule has 1 unspecified atom stereocenters. The van der Waals surface area contributed by atoms with Gasteiger partial charge in [0.05, 0.1) is 18.8 Å². The van der Waals surface area contributed by atoms with E-state index in [-0.39, 0.29) is 12.2 Å². The largest absolute Gasteiger partial charge is 0.389 e. The number of ether oxygens (including phenoxy) is 1. The number of nitrogens with zero attached hydrogens (tertiary/aromatic N) is 1. The minimum atomic E-state index is -0.342. The molecule has 1 N–H and O–H groups in total. The Balaban J connectivity index is 2.11. The van der Waals surface area contributed by atoms with Crippen molar-refractivity contribution >= 4 is 0 Å². The fraction of sp³-hybridized carbons (Fsp3) is 1.00. The minimum Gasteiger partial charge on any atom is -0.389 e. The van der Waals surface area contributed by atoms with E-state index in [9.17, 15) is 5.11 Å². The van der Waals surface area contributed by atoms with Crippen molar-refractivity contribution in [2.75, 3.05) is 26.2 Å². The Morgan fingerprint density at radius 2 is 2.07 bits per heavy atom. The highest BCUT2D eigenvalue weighted by Gasteiger charge is 2.24. The lowest BCUT2D eigenvalue weighted by atomic mass is 10.3. The molecular formula is C12H25NO2. The van der Waals surface area contributed by atoms with E-state index in [4.69, 9.17) is 4.74 Å². The third-order valence-electron chi connectivity index (χ3n) is 2.75. The van der Waals surface area contributed by atoms with E-state index in [1.54, 1.807) is 0 Å². The predicted octanol–water partition coefficient (Wildman–Crippen LogP) is 1.50. The Labute approximate surface area is 93.4 Å². The number of likely N-dealkylation sites (N-methyl/N-ethyl adjacent to an activating group) is 1. The summed E-state index contributed by atoms with van der Waals surface area (Å²) in [6, 6.07) is 0. The summed E-state index contributed by atoms with van der Waals surface area (Å²) >= 11 is 0. The normalized spacial score (nSPS) is 18.8. The van der Waals surface area contributed by atoms with Gasteiger partial charge in [0.15, 0.2) is 0 Å². The second kappa shape index (κ2) is 6.46. The lowest BCUT2D eigenvalue weighted by Gasteiger charge is -2.23. The van der Waals surface area contributed by atoms with Crippen molar-refractivity contribution in [3.05, 3.63) is 0 Å². The van der Waals surface area contributed by atoms with Gasteiger partial charge in [0.2, 0.25) is 0 Å². The first-order chi connectivity index (χ1) is 7.11.